The summed E-state index contributed by atoms with van der Waals surface area (Å²) in [7, 11) is 6.93. The number of ether oxygens (including phenoxy) is 4. The van der Waals surface area contributed by atoms with Crippen molar-refractivity contribution in [3.8, 4) is 0 Å². The Morgan fingerprint density at radius 2 is 1.40 bits per heavy atom. The average Bonchev–Trinajstić information content (AvgIpc) is 2.59. The molecule has 2 unspecified atom stereocenters. The van der Waals surface area contributed by atoms with Gasteiger partial charge in [-0.3, -0.25) is 0 Å². The molecule has 0 bridgehead atoms. The molecule has 0 heterocycles. The Balaban J connectivity index is 2.43. The number of allylic oxidation sites excluding steroid dienone is 2. The first-order chi connectivity index (χ1) is 12.1. The van der Waals surface area contributed by atoms with Crippen molar-refractivity contribution in [3.05, 3.63) is 52.6 Å². The lowest BCUT2D eigenvalue weighted by Gasteiger charge is -2.28. The third kappa shape index (κ3) is 5.25. The molecule has 2 rings (SSSR count). The smallest absolute Gasteiger partial charge is 0.0713 e. The van der Waals surface area contributed by atoms with Gasteiger partial charge in [0.25, 0.3) is 0 Å². The Labute approximate surface area is 151 Å². The molecule has 4 heteroatoms. The Hall–Kier alpha value is -1.46. The summed E-state index contributed by atoms with van der Waals surface area (Å²) < 4.78 is 21.5. The van der Waals surface area contributed by atoms with Gasteiger partial charge in [0.15, 0.2) is 0 Å². The van der Waals surface area contributed by atoms with Crippen LogP contribution in [0.4, 0.5) is 0 Å². The van der Waals surface area contributed by atoms with Crippen LogP contribution >= 0.6 is 0 Å². The fourth-order valence-electron chi connectivity index (χ4n) is 3.36. The second kappa shape index (κ2) is 9.88. The third-order valence-electron chi connectivity index (χ3n) is 4.64. The van der Waals surface area contributed by atoms with E-state index in [9.17, 15) is 0 Å². The van der Waals surface area contributed by atoms with Gasteiger partial charge in [-0.2, -0.15) is 0 Å². The fourth-order valence-corrected chi connectivity index (χ4v) is 3.36. The first-order valence-corrected chi connectivity index (χ1v) is 8.64. The molecule has 1 aliphatic rings. The van der Waals surface area contributed by atoms with Crippen LogP contribution in [0, 0.1) is 11.8 Å². The van der Waals surface area contributed by atoms with E-state index in [1.165, 1.54) is 16.7 Å². The zero-order valence-electron chi connectivity index (χ0n) is 16.0. The van der Waals surface area contributed by atoms with E-state index in [4.69, 9.17) is 18.9 Å². The van der Waals surface area contributed by atoms with Gasteiger partial charge < -0.3 is 18.9 Å². The van der Waals surface area contributed by atoms with Crippen LogP contribution in [0.5, 0.6) is 0 Å². The molecule has 0 N–H and O–H groups in total. The number of hydrogen-bond acceptors (Lipinski definition) is 4. The molecule has 0 aromatic heterocycles. The van der Waals surface area contributed by atoms with Crippen molar-refractivity contribution in [3.63, 3.8) is 0 Å². The molecule has 0 fully saturated rings. The summed E-state index contributed by atoms with van der Waals surface area (Å²) in [6, 6.07) is 6.51. The standard InChI is InChI=1S/C21H30O4/c1-15-20(13-24-4)9-19(10-21(15)14-25-5)18-7-16(11-22-2)6-17(8-18)12-23-3/h6-10,15,20H,11-14H2,1-5H3. The van der Waals surface area contributed by atoms with Crippen LogP contribution in [0.15, 0.2) is 35.9 Å². The van der Waals surface area contributed by atoms with Crippen molar-refractivity contribution in [1.29, 1.82) is 0 Å². The highest BCUT2D eigenvalue weighted by Gasteiger charge is 2.24. The SMILES string of the molecule is COCC1=CC(c2cc(COC)cc(COC)c2)=CC(COC)C1C. The number of methoxy groups -OCH3 is 4. The zero-order valence-corrected chi connectivity index (χ0v) is 16.0. The van der Waals surface area contributed by atoms with Crippen LogP contribution in [0.2, 0.25) is 0 Å². The molecule has 1 aromatic carbocycles. The second-order valence-electron chi connectivity index (χ2n) is 6.59. The topological polar surface area (TPSA) is 36.9 Å². The van der Waals surface area contributed by atoms with Gasteiger partial charge >= 0.3 is 0 Å². The molecule has 0 radical (unpaired) electrons. The van der Waals surface area contributed by atoms with Crippen molar-refractivity contribution < 1.29 is 18.9 Å². The summed E-state index contributed by atoms with van der Waals surface area (Å²) in [5, 5.41) is 0. The molecule has 1 aromatic rings. The minimum Gasteiger partial charge on any atom is -0.384 e. The summed E-state index contributed by atoms with van der Waals surface area (Å²) in [4.78, 5) is 0. The summed E-state index contributed by atoms with van der Waals surface area (Å²) >= 11 is 0. The number of hydrogen-bond donors (Lipinski definition) is 0. The minimum absolute atomic E-state index is 0.340. The molecular formula is C21H30O4. The lowest BCUT2D eigenvalue weighted by atomic mass is 9.80. The highest BCUT2D eigenvalue weighted by atomic mass is 16.5. The van der Waals surface area contributed by atoms with E-state index in [1.54, 1.807) is 28.4 Å². The summed E-state index contributed by atoms with van der Waals surface area (Å²) in [6.45, 7) is 4.75. The highest BCUT2D eigenvalue weighted by molar-refractivity contribution is 5.77. The minimum atomic E-state index is 0.340. The van der Waals surface area contributed by atoms with E-state index < -0.39 is 0 Å². The van der Waals surface area contributed by atoms with Crippen LogP contribution in [-0.2, 0) is 32.2 Å². The Kier molecular flexibility index (Phi) is 7.85. The highest BCUT2D eigenvalue weighted by Crippen LogP contribution is 2.34. The maximum atomic E-state index is 5.43. The van der Waals surface area contributed by atoms with E-state index in [1.807, 2.05) is 0 Å². The molecule has 0 aliphatic heterocycles. The molecule has 2 atom stereocenters. The van der Waals surface area contributed by atoms with Crippen LogP contribution in [0.25, 0.3) is 5.57 Å². The van der Waals surface area contributed by atoms with Crippen LogP contribution in [0.3, 0.4) is 0 Å². The van der Waals surface area contributed by atoms with E-state index in [-0.39, 0.29) is 0 Å². The Morgan fingerprint density at radius 1 is 0.800 bits per heavy atom. The predicted molar refractivity (Wildman–Crippen MR) is 100 cm³/mol. The molecule has 0 amide bonds. The molecule has 1 aliphatic carbocycles. The van der Waals surface area contributed by atoms with Crippen molar-refractivity contribution in [2.75, 3.05) is 41.7 Å². The Morgan fingerprint density at radius 3 is 1.92 bits per heavy atom. The van der Waals surface area contributed by atoms with Crippen LogP contribution in [-0.4, -0.2) is 41.7 Å². The summed E-state index contributed by atoms with van der Waals surface area (Å²) in [5.41, 5.74) is 5.99. The van der Waals surface area contributed by atoms with E-state index in [2.05, 4.69) is 37.3 Å². The molecule has 4 nitrogen and oxygen atoms in total. The quantitative estimate of drug-likeness (QED) is 0.681. The maximum Gasteiger partial charge on any atom is 0.0713 e. The van der Waals surface area contributed by atoms with E-state index >= 15 is 0 Å². The average molecular weight is 346 g/mol. The predicted octanol–water partition coefficient (Wildman–Crippen LogP) is 3.85. The molecule has 0 saturated carbocycles. The zero-order chi connectivity index (χ0) is 18.2. The maximum absolute atomic E-state index is 5.43. The van der Waals surface area contributed by atoms with E-state index in [0.717, 1.165) is 11.1 Å². The fraction of sp³-hybridized carbons (Fsp3) is 0.524. The largest absolute Gasteiger partial charge is 0.384 e. The number of rotatable bonds is 9. The van der Waals surface area contributed by atoms with Crippen LogP contribution < -0.4 is 0 Å². The van der Waals surface area contributed by atoms with Crippen molar-refractivity contribution >= 4 is 5.57 Å². The van der Waals surface area contributed by atoms with Gasteiger partial charge in [-0.05, 0) is 45.9 Å². The summed E-state index contributed by atoms with van der Waals surface area (Å²) in [6.07, 6.45) is 4.57. The lowest BCUT2D eigenvalue weighted by Crippen LogP contribution is -2.22. The summed E-state index contributed by atoms with van der Waals surface area (Å²) in [5.74, 6) is 0.747. The van der Waals surface area contributed by atoms with Gasteiger partial charge in [0, 0.05) is 34.4 Å². The molecule has 138 valence electrons. The molecular weight excluding hydrogens is 316 g/mol. The van der Waals surface area contributed by atoms with E-state index in [0.29, 0.717) is 38.3 Å². The lowest BCUT2D eigenvalue weighted by molar-refractivity contribution is 0.146. The Bertz CT molecular complexity index is 594. The normalized spacial score (nSPS) is 20.4. The van der Waals surface area contributed by atoms with Crippen molar-refractivity contribution in [2.45, 2.75) is 20.1 Å². The van der Waals surface area contributed by atoms with Crippen molar-refractivity contribution in [2.24, 2.45) is 11.8 Å². The monoisotopic (exact) mass is 346 g/mol. The first kappa shape index (κ1) is 19.9. The molecule has 0 saturated heterocycles. The van der Waals surface area contributed by atoms with Gasteiger partial charge in [-0.25, -0.2) is 0 Å². The molecule has 25 heavy (non-hydrogen) atoms. The van der Waals surface area contributed by atoms with Gasteiger partial charge in [0.05, 0.1) is 26.4 Å². The van der Waals surface area contributed by atoms with Gasteiger partial charge in [0.1, 0.15) is 0 Å². The van der Waals surface area contributed by atoms with Gasteiger partial charge in [-0.1, -0.05) is 25.1 Å². The molecule has 0 spiro atoms. The second-order valence-corrected chi connectivity index (χ2v) is 6.59. The number of benzene rings is 1. The van der Waals surface area contributed by atoms with Gasteiger partial charge in [-0.15, -0.1) is 0 Å². The van der Waals surface area contributed by atoms with Crippen LogP contribution in [0.1, 0.15) is 23.6 Å². The van der Waals surface area contributed by atoms with Crippen molar-refractivity contribution in [1.82, 2.24) is 0 Å². The first-order valence-electron chi connectivity index (χ1n) is 8.64. The third-order valence-corrected chi connectivity index (χ3v) is 4.64. The van der Waals surface area contributed by atoms with Gasteiger partial charge in [0.2, 0.25) is 0 Å².